The molecule has 0 bridgehead atoms. The highest BCUT2D eigenvalue weighted by molar-refractivity contribution is 7.86. The van der Waals surface area contributed by atoms with E-state index >= 15 is 0 Å². The maximum Gasteiger partial charge on any atom is 0.386 e. The van der Waals surface area contributed by atoms with Crippen LogP contribution in [-0.4, -0.2) is 13.0 Å². The van der Waals surface area contributed by atoms with Gasteiger partial charge in [0.25, 0.3) is 10.1 Å². The van der Waals surface area contributed by atoms with E-state index in [9.17, 15) is 8.42 Å². The van der Waals surface area contributed by atoms with Gasteiger partial charge in [0.15, 0.2) is 4.98 Å². The van der Waals surface area contributed by atoms with Crippen molar-refractivity contribution in [3.63, 3.8) is 0 Å². The fraction of sp³-hybridized carbons (Fsp3) is 0.143. The predicted octanol–water partition coefficient (Wildman–Crippen LogP) is -0.616. The van der Waals surface area contributed by atoms with E-state index in [0.717, 1.165) is 6.07 Å². The van der Waals surface area contributed by atoms with Crippen LogP contribution in [0.4, 0.5) is 5.69 Å². The number of nitrogens with zero attached hydrogens (tertiary/aromatic N) is 2. The molecule has 1 N–H and O–H groups in total. The number of diazo groups is 1. The molecule has 0 amide bonds. The van der Waals surface area contributed by atoms with E-state index in [1.807, 2.05) is 0 Å². The Morgan fingerprint density at radius 2 is 2.00 bits per heavy atom. The molecule has 0 fully saturated rings. The van der Waals surface area contributed by atoms with Gasteiger partial charge < -0.3 is 17.0 Å². The molecule has 0 aliphatic heterocycles. The summed E-state index contributed by atoms with van der Waals surface area (Å²) in [6, 6.07) is 2.36. The van der Waals surface area contributed by atoms with Crippen LogP contribution in [0, 0.1) is 12.3 Å². The fourth-order valence-corrected chi connectivity index (χ4v) is 2.02. The van der Waals surface area contributed by atoms with Crippen LogP contribution in [0.5, 0.6) is 0 Å². The van der Waals surface area contributed by atoms with E-state index in [4.69, 9.17) is 21.5 Å². The Balaban J connectivity index is 0.00000196. The van der Waals surface area contributed by atoms with Crippen LogP contribution in [-0.2, 0) is 10.1 Å². The van der Waals surface area contributed by atoms with Crippen LogP contribution in [0.15, 0.2) is 17.0 Å². The van der Waals surface area contributed by atoms with Crippen molar-refractivity contribution in [2.75, 3.05) is 0 Å². The zero-order valence-corrected chi connectivity index (χ0v) is 10.6. The molecule has 8 heteroatoms. The van der Waals surface area contributed by atoms with Crippen molar-refractivity contribution in [1.82, 2.24) is 0 Å². The second kappa shape index (κ2) is 4.90. The van der Waals surface area contributed by atoms with Crippen molar-refractivity contribution in [3.8, 4) is 0 Å². The van der Waals surface area contributed by atoms with Crippen molar-refractivity contribution < 1.29 is 30.0 Å². The zero-order valence-electron chi connectivity index (χ0n) is 7.48. The first-order valence-electron chi connectivity index (χ1n) is 3.49. The number of rotatable bonds is 1. The van der Waals surface area contributed by atoms with Crippen molar-refractivity contribution in [2.24, 2.45) is 0 Å². The summed E-state index contributed by atoms with van der Waals surface area (Å²) in [5, 5.41) is 8.37. The monoisotopic (exact) mass is 312 g/mol. The highest BCUT2D eigenvalue weighted by atomic mass is 79.9. The summed E-state index contributed by atoms with van der Waals surface area (Å²) in [5.41, 5.74) is 0.411. The summed E-state index contributed by atoms with van der Waals surface area (Å²) in [7, 11) is -4.39. The summed E-state index contributed by atoms with van der Waals surface area (Å²) in [4.78, 5) is 2.35. The first kappa shape index (κ1) is 14.3. The van der Waals surface area contributed by atoms with Gasteiger partial charge in [-0.2, -0.15) is 8.42 Å². The largest absolute Gasteiger partial charge is 1.00 e. The molecule has 0 atom stereocenters. The third-order valence-corrected chi connectivity index (χ3v) is 3.09. The smallest absolute Gasteiger partial charge is 0.386 e. The molecule has 0 saturated heterocycles. The molecule has 0 radical (unpaired) electrons. The number of hydrogen-bond donors (Lipinski definition) is 1. The van der Waals surface area contributed by atoms with Crippen molar-refractivity contribution in [2.45, 2.75) is 11.8 Å². The highest BCUT2D eigenvalue weighted by Gasteiger charge is 2.21. The van der Waals surface area contributed by atoms with Gasteiger partial charge in [-0.25, -0.2) is 0 Å². The van der Waals surface area contributed by atoms with Gasteiger partial charge in [-0.3, -0.25) is 4.55 Å². The van der Waals surface area contributed by atoms with E-state index in [1.165, 1.54) is 13.0 Å². The standard InChI is InChI=1S/C7H5ClN2O3S.BrH/c1-4-2-5(10-9)3-6(7(4)8)14(11,12)13;/h2-3H,1H3;1H. The zero-order chi connectivity index (χ0) is 10.9. The molecule has 0 saturated carbocycles. The Bertz CT molecular complexity index is 524. The van der Waals surface area contributed by atoms with E-state index in [-0.39, 0.29) is 27.7 Å². The third kappa shape index (κ3) is 3.14. The second-order valence-electron chi connectivity index (χ2n) is 2.65. The average Bonchev–Trinajstić information content (AvgIpc) is 2.07. The normalized spacial score (nSPS) is 10.3. The minimum atomic E-state index is -4.39. The third-order valence-electron chi connectivity index (χ3n) is 1.60. The molecule has 0 aliphatic carbocycles. The fourth-order valence-electron chi connectivity index (χ4n) is 0.964. The van der Waals surface area contributed by atoms with Crippen LogP contribution in [0.1, 0.15) is 5.56 Å². The number of halogens is 2. The molecule has 0 heterocycles. The van der Waals surface area contributed by atoms with Gasteiger partial charge in [0.05, 0.1) is 11.1 Å². The molecule has 0 aliphatic rings. The number of hydrogen-bond acceptors (Lipinski definition) is 3. The first-order chi connectivity index (χ1) is 6.36. The lowest BCUT2D eigenvalue weighted by Gasteiger charge is -2.00. The van der Waals surface area contributed by atoms with Gasteiger partial charge in [-0.05, 0) is 12.5 Å². The minimum Gasteiger partial charge on any atom is -1.00 e. The lowest BCUT2D eigenvalue weighted by atomic mass is 10.2. The van der Waals surface area contributed by atoms with Crippen LogP contribution in [0.2, 0.25) is 5.02 Å². The van der Waals surface area contributed by atoms with E-state index < -0.39 is 15.0 Å². The van der Waals surface area contributed by atoms with E-state index in [2.05, 4.69) is 4.98 Å². The van der Waals surface area contributed by atoms with Crippen LogP contribution < -0.4 is 17.0 Å². The maximum atomic E-state index is 10.8. The molecular formula is C7H6BrClN2O3S. The lowest BCUT2D eigenvalue weighted by molar-refractivity contribution is -0.00000722. The van der Waals surface area contributed by atoms with Gasteiger partial charge in [0.1, 0.15) is 4.90 Å². The topological polar surface area (TPSA) is 82.5 Å². The minimum absolute atomic E-state index is 0. The Morgan fingerprint density at radius 3 is 2.40 bits per heavy atom. The summed E-state index contributed by atoms with van der Waals surface area (Å²) < 4.78 is 30.4. The predicted molar refractivity (Wildman–Crippen MR) is 50.7 cm³/mol. The van der Waals surface area contributed by atoms with Gasteiger partial charge in [-0.1, -0.05) is 11.6 Å². The molecule has 0 spiro atoms. The maximum absolute atomic E-state index is 10.8. The summed E-state index contributed by atoms with van der Waals surface area (Å²) >= 11 is 5.64. The summed E-state index contributed by atoms with van der Waals surface area (Å²) in [6.45, 7) is 1.53. The quantitative estimate of drug-likeness (QED) is 0.553. The van der Waals surface area contributed by atoms with Crippen LogP contribution in [0.3, 0.4) is 0 Å². The average molecular weight is 314 g/mol. The Hall–Kier alpha value is -0.680. The molecule has 5 nitrogen and oxygen atoms in total. The SMILES string of the molecule is Cc1cc([N+]#N)cc(S(=O)(=O)O)c1Cl.[Br-]. The van der Waals surface area contributed by atoms with Crippen LogP contribution >= 0.6 is 11.6 Å². The van der Waals surface area contributed by atoms with Gasteiger partial charge >= 0.3 is 5.69 Å². The Kier molecular flexibility index (Phi) is 4.67. The Morgan fingerprint density at radius 1 is 1.47 bits per heavy atom. The van der Waals surface area contributed by atoms with Gasteiger partial charge in [0.2, 0.25) is 5.39 Å². The Labute approximate surface area is 102 Å². The molecular weight excluding hydrogens is 308 g/mol. The summed E-state index contributed by atoms with van der Waals surface area (Å²) in [6.07, 6.45) is 0. The molecule has 15 heavy (non-hydrogen) atoms. The molecule has 1 aromatic rings. The van der Waals surface area contributed by atoms with Crippen molar-refractivity contribution in [3.05, 3.63) is 27.7 Å². The van der Waals surface area contributed by atoms with E-state index in [0.29, 0.717) is 5.56 Å². The second-order valence-corrected chi connectivity index (χ2v) is 4.42. The highest BCUT2D eigenvalue weighted by Crippen LogP contribution is 2.29. The van der Waals surface area contributed by atoms with Crippen molar-refractivity contribution in [1.29, 1.82) is 5.39 Å². The van der Waals surface area contributed by atoms with E-state index in [1.54, 1.807) is 0 Å². The van der Waals surface area contributed by atoms with Crippen LogP contribution in [0.25, 0.3) is 4.98 Å². The molecule has 82 valence electrons. The lowest BCUT2D eigenvalue weighted by Crippen LogP contribution is -3.00. The van der Waals surface area contributed by atoms with Crippen molar-refractivity contribution >= 4 is 27.4 Å². The molecule has 1 rings (SSSR count). The first-order valence-corrected chi connectivity index (χ1v) is 5.31. The molecule has 1 aromatic carbocycles. The van der Waals surface area contributed by atoms with Gasteiger partial charge in [-0.15, -0.1) is 0 Å². The number of aryl methyl sites for hydroxylation is 1. The molecule has 0 aromatic heterocycles. The summed E-state index contributed by atoms with van der Waals surface area (Å²) in [5.74, 6) is 0. The van der Waals surface area contributed by atoms with Gasteiger partial charge in [0, 0.05) is 6.07 Å². The number of benzene rings is 1. The molecule has 0 unspecified atom stereocenters.